The average Bonchev–Trinajstić information content (AvgIpc) is 2.02. The highest BCUT2D eigenvalue weighted by atomic mass is 16.1. The number of nitrogens with zero attached hydrogens (tertiary/aromatic N) is 1. The van der Waals surface area contributed by atoms with E-state index in [0.29, 0.717) is 12.5 Å². The Balaban J connectivity index is 3.49. The molecule has 0 fully saturated rings. The quantitative estimate of drug-likeness (QED) is 0.707. The summed E-state index contributed by atoms with van der Waals surface area (Å²) in [5.41, 5.74) is 0. The van der Waals surface area contributed by atoms with Gasteiger partial charge in [0, 0.05) is 18.5 Å². The summed E-state index contributed by atoms with van der Waals surface area (Å²) >= 11 is 0. The molecular weight excluding hydrogens is 176 g/mol. The van der Waals surface area contributed by atoms with Gasteiger partial charge >= 0.3 is 0 Å². The normalized spacial score (nSPS) is 11.4. The van der Waals surface area contributed by atoms with Crippen molar-refractivity contribution in [3.63, 3.8) is 0 Å². The largest absolute Gasteiger partial charge is 0.354 e. The van der Waals surface area contributed by atoms with E-state index in [1.807, 2.05) is 13.8 Å². The van der Waals surface area contributed by atoms with Crippen LogP contribution in [0.25, 0.3) is 0 Å². The Morgan fingerprint density at radius 3 is 2.29 bits per heavy atom. The summed E-state index contributed by atoms with van der Waals surface area (Å²) in [5, 5.41) is 2.89. The van der Waals surface area contributed by atoms with E-state index < -0.39 is 0 Å². The van der Waals surface area contributed by atoms with Gasteiger partial charge in [0.05, 0.1) is 0 Å². The number of hydrogen-bond donors (Lipinski definition) is 1. The SMILES string of the molecule is CC(C)NC(=O)CCCN(C)C(C)C. The third kappa shape index (κ3) is 6.89. The highest BCUT2D eigenvalue weighted by Crippen LogP contribution is 1.98. The predicted molar refractivity (Wildman–Crippen MR) is 60.3 cm³/mol. The molecule has 84 valence electrons. The minimum atomic E-state index is 0.164. The number of amides is 1. The Morgan fingerprint density at radius 2 is 1.86 bits per heavy atom. The first-order chi connectivity index (χ1) is 6.43. The highest BCUT2D eigenvalue weighted by Gasteiger charge is 2.05. The summed E-state index contributed by atoms with van der Waals surface area (Å²) in [4.78, 5) is 13.5. The van der Waals surface area contributed by atoms with Crippen LogP contribution in [0.4, 0.5) is 0 Å². The van der Waals surface area contributed by atoms with Crippen LogP contribution in [0.2, 0.25) is 0 Å². The van der Waals surface area contributed by atoms with Crippen LogP contribution in [0, 0.1) is 0 Å². The average molecular weight is 200 g/mol. The molecule has 0 unspecified atom stereocenters. The molecule has 0 saturated heterocycles. The van der Waals surface area contributed by atoms with Crippen molar-refractivity contribution in [1.82, 2.24) is 10.2 Å². The van der Waals surface area contributed by atoms with Crippen LogP contribution in [0.15, 0.2) is 0 Å². The van der Waals surface area contributed by atoms with Gasteiger partial charge in [-0.15, -0.1) is 0 Å². The number of nitrogens with one attached hydrogen (secondary N) is 1. The fourth-order valence-corrected chi connectivity index (χ4v) is 1.14. The van der Waals surface area contributed by atoms with Gasteiger partial charge in [-0.05, 0) is 47.7 Å². The van der Waals surface area contributed by atoms with E-state index in [2.05, 4.69) is 31.1 Å². The highest BCUT2D eigenvalue weighted by molar-refractivity contribution is 5.76. The third-order valence-corrected chi connectivity index (χ3v) is 2.25. The second kappa shape index (κ2) is 6.82. The molecule has 3 heteroatoms. The minimum absolute atomic E-state index is 0.164. The second-order valence-electron chi connectivity index (χ2n) is 4.40. The summed E-state index contributed by atoms with van der Waals surface area (Å²) in [5.74, 6) is 0.164. The molecule has 0 radical (unpaired) electrons. The van der Waals surface area contributed by atoms with Crippen molar-refractivity contribution in [3.8, 4) is 0 Å². The van der Waals surface area contributed by atoms with Crippen molar-refractivity contribution < 1.29 is 4.79 Å². The van der Waals surface area contributed by atoms with Gasteiger partial charge in [-0.3, -0.25) is 4.79 Å². The lowest BCUT2D eigenvalue weighted by atomic mass is 10.2. The monoisotopic (exact) mass is 200 g/mol. The lowest BCUT2D eigenvalue weighted by Crippen LogP contribution is -2.32. The zero-order chi connectivity index (χ0) is 11.1. The first kappa shape index (κ1) is 13.4. The first-order valence-corrected chi connectivity index (χ1v) is 5.43. The summed E-state index contributed by atoms with van der Waals surface area (Å²) in [6.45, 7) is 9.28. The number of rotatable bonds is 6. The number of carbonyl (C=O) groups is 1. The van der Waals surface area contributed by atoms with Crippen LogP contribution >= 0.6 is 0 Å². The third-order valence-electron chi connectivity index (χ3n) is 2.25. The Labute approximate surface area is 87.9 Å². The topological polar surface area (TPSA) is 32.3 Å². The summed E-state index contributed by atoms with van der Waals surface area (Å²) in [6, 6.07) is 0.813. The fraction of sp³-hybridized carbons (Fsp3) is 0.909. The van der Waals surface area contributed by atoms with E-state index in [9.17, 15) is 4.79 Å². The molecule has 0 heterocycles. The lowest BCUT2D eigenvalue weighted by molar-refractivity contribution is -0.121. The van der Waals surface area contributed by atoms with Gasteiger partial charge in [-0.1, -0.05) is 0 Å². The van der Waals surface area contributed by atoms with Crippen LogP contribution < -0.4 is 5.32 Å². The maximum absolute atomic E-state index is 11.3. The zero-order valence-corrected chi connectivity index (χ0v) is 10.1. The molecule has 0 spiro atoms. The maximum Gasteiger partial charge on any atom is 0.220 e. The van der Waals surface area contributed by atoms with Gasteiger partial charge < -0.3 is 10.2 Å². The van der Waals surface area contributed by atoms with Crippen LogP contribution in [0.1, 0.15) is 40.5 Å². The first-order valence-electron chi connectivity index (χ1n) is 5.43. The van der Waals surface area contributed by atoms with E-state index in [0.717, 1.165) is 13.0 Å². The van der Waals surface area contributed by atoms with Crippen molar-refractivity contribution >= 4 is 5.91 Å². The second-order valence-corrected chi connectivity index (χ2v) is 4.40. The number of carbonyl (C=O) groups excluding carboxylic acids is 1. The Hall–Kier alpha value is -0.570. The van der Waals surface area contributed by atoms with Crippen molar-refractivity contribution in [2.75, 3.05) is 13.6 Å². The standard InChI is InChI=1S/C11H24N2O/c1-9(2)12-11(14)7-6-8-13(5)10(3)4/h9-10H,6-8H2,1-5H3,(H,12,14). The Morgan fingerprint density at radius 1 is 1.29 bits per heavy atom. The van der Waals surface area contributed by atoms with Gasteiger partial charge in [0.2, 0.25) is 5.91 Å². The minimum Gasteiger partial charge on any atom is -0.354 e. The predicted octanol–water partition coefficient (Wildman–Crippen LogP) is 1.63. The van der Waals surface area contributed by atoms with Crippen molar-refractivity contribution in [2.24, 2.45) is 0 Å². The van der Waals surface area contributed by atoms with Crippen molar-refractivity contribution in [1.29, 1.82) is 0 Å². The zero-order valence-electron chi connectivity index (χ0n) is 10.1. The maximum atomic E-state index is 11.3. The van der Waals surface area contributed by atoms with E-state index in [1.54, 1.807) is 0 Å². The van der Waals surface area contributed by atoms with E-state index >= 15 is 0 Å². The molecule has 0 bridgehead atoms. The molecule has 14 heavy (non-hydrogen) atoms. The molecule has 0 aromatic rings. The molecule has 0 aromatic heterocycles. The van der Waals surface area contributed by atoms with Gasteiger partial charge in [0.15, 0.2) is 0 Å². The van der Waals surface area contributed by atoms with Crippen LogP contribution in [-0.4, -0.2) is 36.5 Å². The molecule has 3 nitrogen and oxygen atoms in total. The fourth-order valence-electron chi connectivity index (χ4n) is 1.14. The molecule has 0 aliphatic carbocycles. The molecule has 0 rings (SSSR count). The summed E-state index contributed by atoms with van der Waals surface area (Å²) in [6.07, 6.45) is 1.57. The Bertz CT molecular complexity index is 167. The summed E-state index contributed by atoms with van der Waals surface area (Å²) < 4.78 is 0. The Kier molecular flexibility index (Phi) is 6.54. The molecular formula is C11H24N2O. The van der Waals surface area contributed by atoms with Gasteiger partial charge in [-0.2, -0.15) is 0 Å². The molecule has 0 aromatic carbocycles. The van der Waals surface area contributed by atoms with Crippen molar-refractivity contribution in [2.45, 2.75) is 52.6 Å². The summed E-state index contributed by atoms with van der Waals surface area (Å²) in [7, 11) is 2.09. The van der Waals surface area contributed by atoms with Gasteiger partial charge in [-0.25, -0.2) is 0 Å². The van der Waals surface area contributed by atoms with Gasteiger partial charge in [0.1, 0.15) is 0 Å². The van der Waals surface area contributed by atoms with Gasteiger partial charge in [0.25, 0.3) is 0 Å². The van der Waals surface area contributed by atoms with E-state index in [4.69, 9.17) is 0 Å². The lowest BCUT2D eigenvalue weighted by Gasteiger charge is -2.20. The van der Waals surface area contributed by atoms with Crippen LogP contribution in [0.3, 0.4) is 0 Å². The molecule has 0 atom stereocenters. The smallest absolute Gasteiger partial charge is 0.220 e. The van der Waals surface area contributed by atoms with E-state index in [1.165, 1.54) is 0 Å². The number of hydrogen-bond acceptors (Lipinski definition) is 2. The molecule has 0 saturated carbocycles. The van der Waals surface area contributed by atoms with E-state index in [-0.39, 0.29) is 11.9 Å². The molecule has 1 amide bonds. The molecule has 0 aliphatic heterocycles. The van der Waals surface area contributed by atoms with Crippen LogP contribution in [-0.2, 0) is 4.79 Å². The van der Waals surface area contributed by atoms with Crippen molar-refractivity contribution in [3.05, 3.63) is 0 Å². The molecule has 0 aliphatic rings. The van der Waals surface area contributed by atoms with Crippen LogP contribution in [0.5, 0.6) is 0 Å². The molecule has 1 N–H and O–H groups in total.